The number of nitrogens with zero attached hydrogens (tertiary/aromatic N) is 3. The first-order chi connectivity index (χ1) is 10.2. The number of nitrogens with one attached hydrogen (secondary N) is 1. The maximum Gasteiger partial charge on any atom is 0.241 e. The number of carbonyl (C=O) groups excluding carboxylic acids is 1. The molecule has 2 rings (SSSR count). The number of hydrogen-bond donors (Lipinski definition) is 2. The average molecular weight is 288 g/mol. The molecule has 112 valence electrons. The molecule has 1 aromatic heterocycles. The highest BCUT2D eigenvalue weighted by molar-refractivity contribution is 5.75. The molecule has 2 aromatic rings. The number of rotatable bonds is 7. The van der Waals surface area contributed by atoms with Crippen LogP contribution >= 0.6 is 0 Å². The Hall–Kier alpha value is -2.21. The van der Waals surface area contributed by atoms with E-state index in [9.17, 15) is 9.90 Å². The van der Waals surface area contributed by atoms with Gasteiger partial charge >= 0.3 is 0 Å². The van der Waals surface area contributed by atoms with Crippen LogP contribution in [-0.2, 0) is 17.8 Å². The maximum absolute atomic E-state index is 11.8. The molecule has 0 aliphatic heterocycles. The van der Waals surface area contributed by atoms with Crippen molar-refractivity contribution in [2.45, 2.75) is 32.4 Å². The lowest BCUT2D eigenvalue weighted by molar-refractivity contribution is -0.121. The van der Waals surface area contributed by atoms with Crippen LogP contribution in [0.1, 0.15) is 30.7 Å². The van der Waals surface area contributed by atoms with E-state index in [2.05, 4.69) is 15.6 Å². The van der Waals surface area contributed by atoms with Crippen LogP contribution in [0.2, 0.25) is 0 Å². The maximum atomic E-state index is 11.8. The highest BCUT2D eigenvalue weighted by atomic mass is 16.3. The molecule has 21 heavy (non-hydrogen) atoms. The molecule has 1 unspecified atom stereocenters. The second-order valence-corrected chi connectivity index (χ2v) is 4.85. The molecular formula is C15H20N4O2. The monoisotopic (exact) mass is 288 g/mol. The lowest BCUT2D eigenvalue weighted by atomic mass is 10.1. The van der Waals surface area contributed by atoms with Gasteiger partial charge in [-0.15, -0.1) is 5.10 Å². The molecule has 0 saturated carbocycles. The van der Waals surface area contributed by atoms with Crippen LogP contribution in [0.4, 0.5) is 0 Å². The average Bonchev–Trinajstić information content (AvgIpc) is 2.96. The van der Waals surface area contributed by atoms with Crippen molar-refractivity contribution in [2.24, 2.45) is 0 Å². The predicted molar refractivity (Wildman–Crippen MR) is 78.4 cm³/mol. The Bertz CT molecular complexity index is 568. The van der Waals surface area contributed by atoms with Crippen molar-refractivity contribution in [2.75, 3.05) is 6.54 Å². The summed E-state index contributed by atoms with van der Waals surface area (Å²) in [5.74, 6) is -0.117. The number of amides is 1. The van der Waals surface area contributed by atoms with E-state index < -0.39 is 6.10 Å². The standard InChI is InChI=1S/C15H20N4O2/c1-2-14(20)13-10-19(18-17-13)11-15(21)16-9-8-12-6-4-3-5-7-12/h3-7,10,14,20H,2,8-9,11H2,1H3,(H,16,21). The Kier molecular flexibility index (Phi) is 5.45. The molecule has 2 N–H and O–H groups in total. The Morgan fingerprint density at radius 1 is 1.38 bits per heavy atom. The minimum absolute atomic E-state index is 0.109. The van der Waals surface area contributed by atoms with Gasteiger partial charge in [0.25, 0.3) is 0 Å². The van der Waals surface area contributed by atoms with Gasteiger partial charge in [-0.05, 0) is 18.4 Å². The first kappa shape index (κ1) is 15.2. The quantitative estimate of drug-likeness (QED) is 0.799. The molecule has 1 heterocycles. The number of aliphatic hydroxyl groups excluding tert-OH is 1. The van der Waals surface area contributed by atoms with Crippen LogP contribution in [0.15, 0.2) is 36.5 Å². The zero-order valence-electron chi connectivity index (χ0n) is 12.1. The first-order valence-corrected chi connectivity index (χ1v) is 7.07. The number of carbonyl (C=O) groups is 1. The minimum atomic E-state index is -0.625. The van der Waals surface area contributed by atoms with Crippen molar-refractivity contribution in [3.8, 4) is 0 Å². The van der Waals surface area contributed by atoms with E-state index in [-0.39, 0.29) is 12.5 Å². The highest BCUT2D eigenvalue weighted by Gasteiger charge is 2.11. The van der Waals surface area contributed by atoms with Crippen molar-refractivity contribution in [1.82, 2.24) is 20.3 Å². The SMILES string of the molecule is CCC(O)c1cn(CC(=O)NCCc2ccccc2)nn1. The summed E-state index contributed by atoms with van der Waals surface area (Å²) in [4.78, 5) is 11.8. The van der Waals surface area contributed by atoms with Gasteiger partial charge in [-0.25, -0.2) is 4.68 Å². The first-order valence-electron chi connectivity index (χ1n) is 7.07. The Balaban J connectivity index is 1.75. The summed E-state index contributed by atoms with van der Waals surface area (Å²) in [6.45, 7) is 2.56. The summed E-state index contributed by atoms with van der Waals surface area (Å²) in [6.07, 6.45) is 2.34. The van der Waals surface area contributed by atoms with Crippen LogP contribution in [0.25, 0.3) is 0 Å². The van der Waals surface area contributed by atoms with Gasteiger partial charge in [0, 0.05) is 6.54 Å². The summed E-state index contributed by atoms with van der Waals surface area (Å²) in [7, 11) is 0. The molecule has 6 heteroatoms. The van der Waals surface area contributed by atoms with Crippen molar-refractivity contribution in [3.05, 3.63) is 47.8 Å². The lowest BCUT2D eigenvalue weighted by Crippen LogP contribution is -2.29. The van der Waals surface area contributed by atoms with Crippen LogP contribution < -0.4 is 5.32 Å². The van der Waals surface area contributed by atoms with Gasteiger partial charge in [-0.2, -0.15) is 0 Å². The van der Waals surface area contributed by atoms with E-state index in [4.69, 9.17) is 0 Å². The van der Waals surface area contributed by atoms with Gasteiger partial charge in [0.05, 0.1) is 12.3 Å². The van der Waals surface area contributed by atoms with E-state index in [0.717, 1.165) is 6.42 Å². The van der Waals surface area contributed by atoms with Crippen molar-refractivity contribution >= 4 is 5.91 Å². The van der Waals surface area contributed by atoms with Gasteiger partial charge in [0.2, 0.25) is 5.91 Å². The zero-order chi connectivity index (χ0) is 15.1. The topological polar surface area (TPSA) is 80.0 Å². The van der Waals surface area contributed by atoms with Gasteiger partial charge in [-0.3, -0.25) is 4.79 Å². The van der Waals surface area contributed by atoms with E-state index >= 15 is 0 Å². The number of hydrogen-bond acceptors (Lipinski definition) is 4. The second kappa shape index (κ2) is 7.54. The lowest BCUT2D eigenvalue weighted by Gasteiger charge is -2.05. The third-order valence-electron chi connectivity index (χ3n) is 3.17. The molecule has 1 amide bonds. The molecule has 0 aliphatic carbocycles. The molecule has 0 radical (unpaired) electrons. The van der Waals surface area contributed by atoms with Crippen LogP contribution in [0.5, 0.6) is 0 Å². The van der Waals surface area contributed by atoms with Crippen LogP contribution in [0.3, 0.4) is 0 Å². The smallest absolute Gasteiger partial charge is 0.241 e. The van der Waals surface area contributed by atoms with E-state index in [1.807, 2.05) is 37.3 Å². The van der Waals surface area contributed by atoms with Crippen LogP contribution in [0, 0.1) is 0 Å². The molecule has 1 atom stereocenters. The third kappa shape index (κ3) is 4.68. The molecule has 6 nitrogen and oxygen atoms in total. The summed E-state index contributed by atoms with van der Waals surface area (Å²) in [5, 5.41) is 20.2. The number of benzene rings is 1. The summed E-state index contributed by atoms with van der Waals surface area (Å²) in [6, 6.07) is 9.99. The second-order valence-electron chi connectivity index (χ2n) is 4.85. The molecular weight excluding hydrogens is 268 g/mol. The number of aromatic nitrogens is 3. The van der Waals surface area contributed by atoms with Crippen molar-refractivity contribution < 1.29 is 9.90 Å². The molecule has 1 aromatic carbocycles. The van der Waals surface area contributed by atoms with E-state index in [1.165, 1.54) is 10.2 Å². The summed E-state index contributed by atoms with van der Waals surface area (Å²) >= 11 is 0. The summed E-state index contributed by atoms with van der Waals surface area (Å²) in [5.41, 5.74) is 1.68. The fourth-order valence-electron chi connectivity index (χ4n) is 1.95. The zero-order valence-corrected chi connectivity index (χ0v) is 12.1. The fourth-order valence-corrected chi connectivity index (χ4v) is 1.95. The molecule has 0 aliphatic rings. The van der Waals surface area contributed by atoms with Gasteiger partial charge in [0.15, 0.2) is 0 Å². The largest absolute Gasteiger partial charge is 0.387 e. The Morgan fingerprint density at radius 3 is 2.86 bits per heavy atom. The van der Waals surface area contributed by atoms with Gasteiger partial charge in [0.1, 0.15) is 12.2 Å². The molecule has 0 saturated heterocycles. The Labute approximate surface area is 123 Å². The third-order valence-corrected chi connectivity index (χ3v) is 3.17. The Morgan fingerprint density at radius 2 is 2.14 bits per heavy atom. The van der Waals surface area contributed by atoms with E-state index in [0.29, 0.717) is 18.7 Å². The molecule has 0 bridgehead atoms. The van der Waals surface area contributed by atoms with Crippen LogP contribution in [-0.4, -0.2) is 32.6 Å². The summed E-state index contributed by atoms with van der Waals surface area (Å²) < 4.78 is 1.44. The van der Waals surface area contributed by atoms with Crippen molar-refractivity contribution in [1.29, 1.82) is 0 Å². The van der Waals surface area contributed by atoms with Gasteiger partial charge in [-0.1, -0.05) is 42.5 Å². The van der Waals surface area contributed by atoms with Crippen molar-refractivity contribution in [3.63, 3.8) is 0 Å². The molecule has 0 spiro atoms. The highest BCUT2D eigenvalue weighted by Crippen LogP contribution is 2.11. The van der Waals surface area contributed by atoms with Gasteiger partial charge < -0.3 is 10.4 Å². The van der Waals surface area contributed by atoms with E-state index in [1.54, 1.807) is 6.20 Å². The number of aliphatic hydroxyl groups is 1. The normalized spacial score (nSPS) is 12.1. The molecule has 0 fully saturated rings. The fraction of sp³-hybridized carbons (Fsp3) is 0.400. The minimum Gasteiger partial charge on any atom is -0.387 e. The predicted octanol–water partition coefficient (Wildman–Crippen LogP) is 1.08.